The SMILES string of the molecule is COC(=O)C[C@H](NC(=O)C(C)CSC(C)=O)C(=O)O. The van der Waals surface area contributed by atoms with Crippen LogP contribution in [0, 0.1) is 5.92 Å². The normalized spacial score (nSPS) is 13.2. The molecule has 2 atom stereocenters. The molecule has 19 heavy (non-hydrogen) atoms. The fraction of sp³-hybridized carbons (Fsp3) is 0.636. The molecule has 0 aromatic heterocycles. The van der Waals surface area contributed by atoms with Crippen molar-refractivity contribution in [2.24, 2.45) is 5.92 Å². The third kappa shape index (κ3) is 7.45. The van der Waals surface area contributed by atoms with E-state index in [0.717, 1.165) is 18.9 Å². The van der Waals surface area contributed by atoms with Gasteiger partial charge in [-0.2, -0.15) is 0 Å². The number of thioether (sulfide) groups is 1. The zero-order valence-electron chi connectivity index (χ0n) is 11.0. The zero-order valence-corrected chi connectivity index (χ0v) is 11.8. The van der Waals surface area contributed by atoms with E-state index in [9.17, 15) is 19.2 Å². The van der Waals surface area contributed by atoms with Gasteiger partial charge in [0.1, 0.15) is 6.04 Å². The minimum atomic E-state index is -1.33. The van der Waals surface area contributed by atoms with Gasteiger partial charge >= 0.3 is 11.9 Å². The summed E-state index contributed by atoms with van der Waals surface area (Å²) >= 11 is 0.983. The summed E-state index contributed by atoms with van der Waals surface area (Å²) in [4.78, 5) is 44.4. The Hall–Kier alpha value is -1.57. The number of nitrogens with one attached hydrogen (secondary N) is 1. The lowest BCUT2D eigenvalue weighted by Gasteiger charge is -2.16. The van der Waals surface area contributed by atoms with Crippen molar-refractivity contribution in [2.45, 2.75) is 26.3 Å². The Morgan fingerprint density at radius 2 is 1.89 bits per heavy atom. The maximum atomic E-state index is 11.7. The Bertz CT molecular complexity index is 370. The summed E-state index contributed by atoms with van der Waals surface area (Å²) in [5.74, 6) is -2.84. The number of aliphatic carboxylic acids is 1. The van der Waals surface area contributed by atoms with Crippen LogP contribution in [0.15, 0.2) is 0 Å². The van der Waals surface area contributed by atoms with Crippen molar-refractivity contribution in [3.63, 3.8) is 0 Å². The minimum Gasteiger partial charge on any atom is -0.480 e. The second kappa shape index (κ2) is 8.52. The average molecular weight is 291 g/mol. The summed E-state index contributed by atoms with van der Waals surface area (Å²) in [5.41, 5.74) is 0. The summed E-state index contributed by atoms with van der Waals surface area (Å²) in [6.07, 6.45) is -0.440. The first-order valence-corrected chi connectivity index (χ1v) is 6.49. The molecule has 0 aliphatic rings. The number of carbonyl (C=O) groups excluding carboxylic acids is 3. The number of carboxylic acid groups (broad SMARTS) is 1. The van der Waals surface area contributed by atoms with Gasteiger partial charge in [-0.3, -0.25) is 14.4 Å². The molecule has 0 aromatic rings. The number of carbonyl (C=O) groups is 4. The first kappa shape index (κ1) is 17.4. The van der Waals surface area contributed by atoms with Crippen molar-refractivity contribution in [3.05, 3.63) is 0 Å². The summed E-state index contributed by atoms with van der Waals surface area (Å²) in [7, 11) is 1.13. The molecule has 0 heterocycles. The van der Waals surface area contributed by atoms with Gasteiger partial charge < -0.3 is 15.2 Å². The fourth-order valence-corrected chi connectivity index (χ4v) is 1.72. The third-order valence-electron chi connectivity index (χ3n) is 2.20. The van der Waals surface area contributed by atoms with E-state index in [1.54, 1.807) is 6.92 Å². The Morgan fingerprint density at radius 3 is 2.32 bits per heavy atom. The van der Waals surface area contributed by atoms with E-state index >= 15 is 0 Å². The molecule has 0 saturated heterocycles. The van der Waals surface area contributed by atoms with Crippen LogP contribution in [0.2, 0.25) is 0 Å². The molecule has 108 valence electrons. The first-order chi connectivity index (χ1) is 8.77. The zero-order chi connectivity index (χ0) is 15.0. The van der Waals surface area contributed by atoms with E-state index in [-0.39, 0.29) is 10.9 Å². The molecule has 2 N–H and O–H groups in total. The van der Waals surface area contributed by atoms with Gasteiger partial charge in [-0.05, 0) is 0 Å². The van der Waals surface area contributed by atoms with E-state index in [1.165, 1.54) is 6.92 Å². The Kier molecular flexibility index (Phi) is 7.81. The van der Waals surface area contributed by atoms with Crippen molar-refractivity contribution in [1.82, 2.24) is 5.32 Å². The Labute approximate surface area is 115 Å². The standard InChI is InChI=1S/C11H17NO6S/c1-6(5-19-7(2)13)10(15)12-8(11(16)17)4-9(14)18-3/h6,8H,4-5H2,1-3H3,(H,12,15)(H,16,17)/t6?,8-/m0/s1. The van der Waals surface area contributed by atoms with Crippen LogP contribution in [-0.2, 0) is 23.9 Å². The molecule has 1 amide bonds. The molecule has 0 aromatic carbocycles. The minimum absolute atomic E-state index is 0.121. The monoisotopic (exact) mass is 291 g/mol. The summed E-state index contributed by atoms with van der Waals surface area (Å²) in [6, 6.07) is -1.33. The lowest BCUT2D eigenvalue weighted by Crippen LogP contribution is -2.45. The maximum absolute atomic E-state index is 11.7. The van der Waals surface area contributed by atoms with Gasteiger partial charge in [0.05, 0.1) is 13.5 Å². The van der Waals surface area contributed by atoms with Crippen LogP contribution in [0.1, 0.15) is 20.3 Å². The highest BCUT2D eigenvalue weighted by Gasteiger charge is 2.25. The quantitative estimate of drug-likeness (QED) is 0.637. The highest BCUT2D eigenvalue weighted by molar-refractivity contribution is 8.13. The molecule has 0 rings (SSSR count). The van der Waals surface area contributed by atoms with Crippen molar-refractivity contribution >= 4 is 34.7 Å². The number of rotatable bonds is 7. The molecular formula is C11H17NO6S. The third-order valence-corrected chi connectivity index (χ3v) is 3.27. The van der Waals surface area contributed by atoms with Crippen LogP contribution < -0.4 is 5.32 Å². The van der Waals surface area contributed by atoms with Gasteiger partial charge in [0.25, 0.3) is 0 Å². The van der Waals surface area contributed by atoms with Crippen molar-refractivity contribution in [3.8, 4) is 0 Å². The molecule has 8 heteroatoms. The van der Waals surface area contributed by atoms with E-state index < -0.39 is 36.2 Å². The highest BCUT2D eigenvalue weighted by Crippen LogP contribution is 2.09. The molecule has 7 nitrogen and oxygen atoms in total. The second-order valence-electron chi connectivity index (χ2n) is 3.88. The van der Waals surface area contributed by atoms with Crippen LogP contribution in [-0.4, -0.2) is 47.0 Å². The summed E-state index contributed by atoms with van der Waals surface area (Å²) in [5, 5.41) is 11.0. The van der Waals surface area contributed by atoms with Crippen LogP contribution in [0.4, 0.5) is 0 Å². The molecule has 0 fully saturated rings. The number of carboxylic acids is 1. The van der Waals surface area contributed by atoms with E-state index in [2.05, 4.69) is 10.1 Å². The van der Waals surface area contributed by atoms with E-state index in [1.807, 2.05) is 0 Å². The Balaban J connectivity index is 4.42. The van der Waals surface area contributed by atoms with Crippen molar-refractivity contribution in [1.29, 1.82) is 0 Å². The molecule has 0 aliphatic carbocycles. The topological polar surface area (TPSA) is 110 Å². The Morgan fingerprint density at radius 1 is 1.32 bits per heavy atom. The van der Waals surface area contributed by atoms with Crippen LogP contribution in [0.25, 0.3) is 0 Å². The molecule has 1 unspecified atom stereocenters. The van der Waals surface area contributed by atoms with Gasteiger partial charge in [0, 0.05) is 18.6 Å². The number of esters is 1. The molecule has 0 spiro atoms. The number of amides is 1. The largest absolute Gasteiger partial charge is 0.480 e. The van der Waals surface area contributed by atoms with Crippen LogP contribution in [0.3, 0.4) is 0 Å². The maximum Gasteiger partial charge on any atom is 0.326 e. The number of ether oxygens (including phenoxy) is 1. The lowest BCUT2D eigenvalue weighted by atomic mass is 10.1. The molecule has 0 bridgehead atoms. The van der Waals surface area contributed by atoms with Crippen LogP contribution in [0.5, 0.6) is 0 Å². The molecular weight excluding hydrogens is 274 g/mol. The van der Waals surface area contributed by atoms with Crippen molar-refractivity contribution in [2.75, 3.05) is 12.9 Å². The fourth-order valence-electron chi connectivity index (χ4n) is 1.08. The van der Waals surface area contributed by atoms with E-state index in [4.69, 9.17) is 5.11 Å². The average Bonchev–Trinajstić information content (AvgIpc) is 2.34. The van der Waals surface area contributed by atoms with Gasteiger partial charge in [-0.15, -0.1) is 0 Å². The molecule has 0 aliphatic heterocycles. The predicted molar refractivity (Wildman–Crippen MR) is 68.5 cm³/mol. The lowest BCUT2D eigenvalue weighted by molar-refractivity contribution is -0.149. The number of methoxy groups -OCH3 is 1. The van der Waals surface area contributed by atoms with Gasteiger partial charge in [-0.1, -0.05) is 18.7 Å². The van der Waals surface area contributed by atoms with Crippen molar-refractivity contribution < 1.29 is 29.0 Å². The second-order valence-corrected chi connectivity index (χ2v) is 5.08. The predicted octanol–water partition coefficient (Wildman–Crippen LogP) is 0.0347. The van der Waals surface area contributed by atoms with E-state index in [0.29, 0.717) is 0 Å². The summed E-state index contributed by atoms with van der Waals surface area (Å²) < 4.78 is 4.35. The molecule has 0 saturated carbocycles. The van der Waals surface area contributed by atoms with Gasteiger partial charge in [0.15, 0.2) is 5.12 Å². The molecule has 0 radical (unpaired) electrons. The van der Waals surface area contributed by atoms with Crippen LogP contribution >= 0.6 is 11.8 Å². The summed E-state index contributed by atoms with van der Waals surface area (Å²) in [6.45, 7) is 2.95. The van der Waals surface area contributed by atoms with Gasteiger partial charge in [-0.25, -0.2) is 4.79 Å². The number of hydrogen-bond acceptors (Lipinski definition) is 6. The smallest absolute Gasteiger partial charge is 0.326 e. The highest BCUT2D eigenvalue weighted by atomic mass is 32.2. The van der Waals surface area contributed by atoms with Gasteiger partial charge in [0.2, 0.25) is 5.91 Å². The first-order valence-electron chi connectivity index (χ1n) is 5.51. The number of hydrogen-bond donors (Lipinski definition) is 2.